The molecule has 2 heteroatoms. The Hall–Kier alpha value is -0.890. The molecule has 0 heterocycles. The highest BCUT2D eigenvalue weighted by Gasteiger charge is 2.18. The maximum absolute atomic E-state index is 12.6. The first kappa shape index (κ1) is 6.80. The summed E-state index contributed by atoms with van der Waals surface area (Å²) in [6.07, 6.45) is 1.88. The Kier molecular flexibility index (Phi) is 1.43. The number of benzene rings is 1. The average Bonchev–Trinajstić information content (AvgIpc) is 2.32. The van der Waals surface area contributed by atoms with Crippen molar-refractivity contribution in [3.05, 3.63) is 35.1 Å². The molecule has 0 saturated carbocycles. The molecule has 0 bridgehead atoms. The van der Waals surface area contributed by atoms with Crippen molar-refractivity contribution in [2.75, 3.05) is 0 Å². The summed E-state index contributed by atoms with van der Waals surface area (Å²) in [5, 5.41) is 0. The number of rotatable bonds is 0. The smallest absolute Gasteiger partial charge is 0.123 e. The van der Waals surface area contributed by atoms with Crippen LogP contribution in [-0.4, -0.2) is 0 Å². The van der Waals surface area contributed by atoms with Crippen molar-refractivity contribution in [2.24, 2.45) is 5.73 Å². The lowest BCUT2D eigenvalue weighted by molar-refractivity contribution is 0.625. The SMILES string of the molecule is N[C@@H]1CCc2cc(F)ccc21. The van der Waals surface area contributed by atoms with Crippen LogP contribution in [0.1, 0.15) is 23.6 Å². The minimum absolute atomic E-state index is 0.130. The van der Waals surface area contributed by atoms with Crippen LogP contribution in [0.5, 0.6) is 0 Å². The first-order valence-electron chi connectivity index (χ1n) is 3.81. The highest BCUT2D eigenvalue weighted by molar-refractivity contribution is 5.34. The van der Waals surface area contributed by atoms with Crippen molar-refractivity contribution in [3.8, 4) is 0 Å². The summed E-state index contributed by atoms with van der Waals surface area (Å²) in [4.78, 5) is 0. The third-order valence-corrected chi connectivity index (χ3v) is 2.23. The Bertz CT molecular complexity index is 283. The Morgan fingerprint density at radius 3 is 3.09 bits per heavy atom. The molecule has 2 N–H and O–H groups in total. The summed E-state index contributed by atoms with van der Waals surface area (Å²) < 4.78 is 12.6. The molecule has 1 aliphatic carbocycles. The lowest BCUT2D eigenvalue weighted by Crippen LogP contribution is -2.04. The van der Waals surface area contributed by atoms with E-state index in [4.69, 9.17) is 5.73 Å². The van der Waals surface area contributed by atoms with E-state index in [1.807, 2.05) is 0 Å². The topological polar surface area (TPSA) is 26.0 Å². The van der Waals surface area contributed by atoms with Gasteiger partial charge >= 0.3 is 0 Å². The molecular weight excluding hydrogens is 141 g/mol. The van der Waals surface area contributed by atoms with Crippen LogP contribution in [0.15, 0.2) is 18.2 Å². The average molecular weight is 151 g/mol. The zero-order chi connectivity index (χ0) is 7.84. The molecule has 0 radical (unpaired) electrons. The fraction of sp³-hybridized carbons (Fsp3) is 0.333. The fourth-order valence-electron chi connectivity index (χ4n) is 1.62. The Morgan fingerprint density at radius 1 is 1.45 bits per heavy atom. The summed E-state index contributed by atoms with van der Waals surface area (Å²) in [6.45, 7) is 0. The predicted octanol–water partition coefficient (Wildman–Crippen LogP) is 1.77. The summed E-state index contributed by atoms with van der Waals surface area (Å²) >= 11 is 0. The van der Waals surface area contributed by atoms with E-state index in [1.54, 1.807) is 12.1 Å². The highest BCUT2D eigenvalue weighted by Crippen LogP contribution is 2.29. The fourth-order valence-corrected chi connectivity index (χ4v) is 1.62. The molecule has 58 valence electrons. The normalized spacial score (nSPS) is 21.8. The van der Waals surface area contributed by atoms with Crippen molar-refractivity contribution in [3.63, 3.8) is 0 Å². The first-order chi connectivity index (χ1) is 5.27. The summed E-state index contributed by atoms with van der Waals surface area (Å²) in [5.74, 6) is -0.155. The summed E-state index contributed by atoms with van der Waals surface area (Å²) in [5.41, 5.74) is 7.97. The van der Waals surface area contributed by atoms with Gasteiger partial charge in [-0.1, -0.05) is 6.07 Å². The van der Waals surface area contributed by atoms with Crippen molar-refractivity contribution in [1.29, 1.82) is 0 Å². The maximum atomic E-state index is 12.6. The Labute approximate surface area is 65.0 Å². The molecule has 0 saturated heterocycles. The molecule has 0 aromatic heterocycles. The molecule has 2 rings (SSSR count). The van der Waals surface area contributed by atoms with Gasteiger partial charge in [-0.2, -0.15) is 0 Å². The van der Waals surface area contributed by atoms with Crippen LogP contribution in [0.25, 0.3) is 0 Å². The lowest BCUT2D eigenvalue weighted by Gasteiger charge is -2.02. The number of halogens is 1. The van der Waals surface area contributed by atoms with E-state index >= 15 is 0 Å². The van der Waals surface area contributed by atoms with Crippen LogP contribution in [0.4, 0.5) is 4.39 Å². The van der Waals surface area contributed by atoms with Gasteiger partial charge in [-0.25, -0.2) is 4.39 Å². The first-order valence-corrected chi connectivity index (χ1v) is 3.81. The van der Waals surface area contributed by atoms with Gasteiger partial charge in [-0.3, -0.25) is 0 Å². The van der Waals surface area contributed by atoms with Crippen LogP contribution in [0, 0.1) is 5.82 Å². The van der Waals surface area contributed by atoms with Crippen LogP contribution in [0.2, 0.25) is 0 Å². The Balaban J connectivity index is 2.50. The molecule has 0 amide bonds. The molecular formula is C9H10FN. The lowest BCUT2D eigenvalue weighted by atomic mass is 10.1. The predicted molar refractivity (Wildman–Crippen MR) is 41.6 cm³/mol. The van der Waals surface area contributed by atoms with E-state index < -0.39 is 0 Å². The monoisotopic (exact) mass is 151 g/mol. The van der Waals surface area contributed by atoms with Crippen molar-refractivity contribution in [2.45, 2.75) is 18.9 Å². The number of nitrogens with two attached hydrogens (primary N) is 1. The van der Waals surface area contributed by atoms with E-state index in [2.05, 4.69) is 0 Å². The molecule has 0 unspecified atom stereocenters. The molecule has 0 spiro atoms. The van der Waals surface area contributed by atoms with E-state index in [-0.39, 0.29) is 11.9 Å². The van der Waals surface area contributed by atoms with Gasteiger partial charge in [-0.15, -0.1) is 0 Å². The minimum Gasteiger partial charge on any atom is -0.324 e. The molecule has 0 fully saturated rings. The van der Waals surface area contributed by atoms with Crippen molar-refractivity contribution in [1.82, 2.24) is 0 Å². The molecule has 1 nitrogen and oxygen atoms in total. The quantitative estimate of drug-likeness (QED) is 0.600. The minimum atomic E-state index is -0.155. The van der Waals surface area contributed by atoms with Gasteiger partial charge in [0, 0.05) is 6.04 Å². The van der Waals surface area contributed by atoms with E-state index in [1.165, 1.54) is 6.07 Å². The van der Waals surface area contributed by atoms with E-state index in [0.29, 0.717) is 0 Å². The van der Waals surface area contributed by atoms with E-state index in [0.717, 1.165) is 24.0 Å². The molecule has 1 aliphatic rings. The van der Waals surface area contributed by atoms with Gasteiger partial charge in [0.1, 0.15) is 5.82 Å². The molecule has 1 aromatic rings. The molecule has 1 aromatic carbocycles. The van der Waals surface area contributed by atoms with E-state index in [9.17, 15) is 4.39 Å². The maximum Gasteiger partial charge on any atom is 0.123 e. The van der Waals surface area contributed by atoms with Gasteiger partial charge in [0.15, 0.2) is 0 Å². The number of hydrogen-bond donors (Lipinski definition) is 1. The van der Waals surface area contributed by atoms with Gasteiger partial charge in [-0.05, 0) is 36.1 Å². The highest BCUT2D eigenvalue weighted by atomic mass is 19.1. The second-order valence-electron chi connectivity index (χ2n) is 2.99. The van der Waals surface area contributed by atoms with Gasteiger partial charge in [0.05, 0.1) is 0 Å². The summed E-state index contributed by atoms with van der Waals surface area (Å²) in [7, 11) is 0. The second-order valence-corrected chi connectivity index (χ2v) is 2.99. The van der Waals surface area contributed by atoms with Crippen LogP contribution < -0.4 is 5.73 Å². The zero-order valence-electron chi connectivity index (χ0n) is 6.18. The largest absolute Gasteiger partial charge is 0.324 e. The van der Waals surface area contributed by atoms with Crippen molar-refractivity contribution >= 4 is 0 Å². The second kappa shape index (κ2) is 2.31. The zero-order valence-corrected chi connectivity index (χ0v) is 6.18. The summed E-state index contributed by atoms with van der Waals surface area (Å²) in [6, 6.07) is 4.99. The van der Waals surface area contributed by atoms with Crippen LogP contribution in [-0.2, 0) is 6.42 Å². The van der Waals surface area contributed by atoms with Gasteiger partial charge in [0.2, 0.25) is 0 Å². The number of hydrogen-bond acceptors (Lipinski definition) is 1. The number of aryl methyl sites for hydroxylation is 1. The molecule has 1 atom stereocenters. The molecule has 0 aliphatic heterocycles. The standard InChI is InChI=1S/C9H10FN/c10-7-2-3-8-6(5-7)1-4-9(8)11/h2-3,5,9H,1,4,11H2/t9-/m1/s1. The number of fused-ring (bicyclic) bond motifs is 1. The third-order valence-electron chi connectivity index (χ3n) is 2.23. The van der Waals surface area contributed by atoms with Crippen LogP contribution >= 0.6 is 0 Å². The van der Waals surface area contributed by atoms with Gasteiger partial charge in [0.25, 0.3) is 0 Å². The third kappa shape index (κ3) is 1.03. The Morgan fingerprint density at radius 2 is 2.27 bits per heavy atom. The van der Waals surface area contributed by atoms with Crippen molar-refractivity contribution < 1.29 is 4.39 Å². The molecule has 11 heavy (non-hydrogen) atoms. The van der Waals surface area contributed by atoms with Gasteiger partial charge < -0.3 is 5.73 Å². The van der Waals surface area contributed by atoms with Crippen LogP contribution in [0.3, 0.4) is 0 Å².